The summed E-state index contributed by atoms with van der Waals surface area (Å²) in [4.78, 5) is 14.2. The topological polar surface area (TPSA) is 66.6 Å². The molecule has 19 heavy (non-hydrogen) atoms. The summed E-state index contributed by atoms with van der Waals surface area (Å²) in [5, 5.41) is 9.91. The molecule has 0 spiro atoms. The van der Waals surface area contributed by atoms with E-state index in [2.05, 4.69) is 14.1 Å². The third kappa shape index (κ3) is 2.81. The number of piperazine rings is 1. The third-order valence-corrected chi connectivity index (χ3v) is 3.85. The zero-order valence-electron chi connectivity index (χ0n) is 11.8. The minimum atomic E-state index is -0.135. The van der Waals surface area contributed by atoms with Crippen molar-refractivity contribution in [1.82, 2.24) is 4.90 Å². The van der Waals surface area contributed by atoms with Crippen LogP contribution in [0.1, 0.15) is 15.9 Å². The molecule has 1 fully saturated rings. The van der Waals surface area contributed by atoms with Crippen LogP contribution in [0.25, 0.3) is 0 Å². The van der Waals surface area contributed by atoms with Crippen LogP contribution in [0.15, 0.2) is 12.1 Å². The predicted molar refractivity (Wildman–Crippen MR) is 75.0 cm³/mol. The molecule has 1 amide bonds. The minimum Gasteiger partial charge on any atom is -0.507 e. The number of hydrogen-bond donors (Lipinski definition) is 2. The van der Waals surface area contributed by atoms with E-state index in [-0.39, 0.29) is 11.7 Å². The smallest absolute Gasteiger partial charge is 0.258 e. The van der Waals surface area contributed by atoms with Gasteiger partial charge in [0.2, 0.25) is 0 Å². The van der Waals surface area contributed by atoms with Crippen LogP contribution < -0.4 is 5.73 Å². The van der Waals surface area contributed by atoms with E-state index in [1.807, 2.05) is 6.92 Å². The quantitative estimate of drug-likeness (QED) is 0.448. The van der Waals surface area contributed by atoms with E-state index < -0.39 is 0 Å². The number of benzene rings is 1. The number of phenols is 1. The predicted octanol–water partition coefficient (Wildman–Crippen LogP) is 0.815. The van der Waals surface area contributed by atoms with E-state index in [1.165, 1.54) is 0 Å². The van der Waals surface area contributed by atoms with Gasteiger partial charge in [0.15, 0.2) is 0 Å². The van der Waals surface area contributed by atoms with Gasteiger partial charge < -0.3 is 20.2 Å². The largest absolute Gasteiger partial charge is 0.507 e. The van der Waals surface area contributed by atoms with Gasteiger partial charge in [0.05, 0.1) is 45.8 Å². The summed E-state index contributed by atoms with van der Waals surface area (Å²) in [6, 6.07) is 3.12. The lowest BCUT2D eigenvalue weighted by Crippen LogP contribution is -2.56. The number of quaternary nitrogens is 1. The average Bonchev–Trinajstić information content (AvgIpc) is 2.33. The molecule has 1 aromatic carbocycles. The maximum atomic E-state index is 12.4. The molecule has 0 aliphatic carbocycles. The van der Waals surface area contributed by atoms with Crippen LogP contribution >= 0.6 is 0 Å². The molecule has 1 aliphatic rings. The number of rotatable bonds is 1. The summed E-state index contributed by atoms with van der Waals surface area (Å²) in [6.45, 7) is 5.07. The standard InChI is InChI=1S/C14H21N3O2/c1-10-8-13(18)11(9-12(10)15)14(19)16-4-6-17(2,3)7-5-16/h8-9H,4-7,15H2,1-3H3/p+1. The van der Waals surface area contributed by atoms with Crippen molar-refractivity contribution in [3.05, 3.63) is 23.3 Å². The van der Waals surface area contributed by atoms with Crippen LogP contribution in [0.2, 0.25) is 0 Å². The second kappa shape index (κ2) is 4.74. The van der Waals surface area contributed by atoms with E-state index in [1.54, 1.807) is 17.0 Å². The highest BCUT2D eigenvalue weighted by molar-refractivity contribution is 5.98. The first-order valence-corrected chi connectivity index (χ1v) is 6.50. The van der Waals surface area contributed by atoms with E-state index >= 15 is 0 Å². The first-order valence-electron chi connectivity index (χ1n) is 6.50. The van der Waals surface area contributed by atoms with Crippen molar-refractivity contribution in [1.29, 1.82) is 0 Å². The molecule has 3 N–H and O–H groups in total. The molecule has 104 valence electrons. The molecule has 5 heteroatoms. The fourth-order valence-corrected chi connectivity index (χ4v) is 2.26. The fourth-order valence-electron chi connectivity index (χ4n) is 2.26. The lowest BCUT2D eigenvalue weighted by molar-refractivity contribution is -0.894. The number of likely N-dealkylation sites (N-methyl/N-ethyl adjacent to an activating group) is 1. The number of aryl methyl sites for hydroxylation is 1. The van der Waals surface area contributed by atoms with E-state index in [0.29, 0.717) is 24.3 Å². The van der Waals surface area contributed by atoms with Gasteiger partial charge in [-0.05, 0) is 24.6 Å². The minimum absolute atomic E-state index is 0.0102. The SMILES string of the molecule is Cc1cc(O)c(C(=O)N2CC[N+](C)(C)CC2)cc1N. The molecule has 1 aromatic rings. The molecule has 0 aromatic heterocycles. The summed E-state index contributed by atoms with van der Waals surface area (Å²) in [5.74, 6) is -0.125. The Labute approximate surface area is 113 Å². The van der Waals surface area contributed by atoms with Gasteiger partial charge >= 0.3 is 0 Å². The van der Waals surface area contributed by atoms with E-state index in [9.17, 15) is 9.90 Å². The number of phenolic OH excluding ortho intramolecular Hbond substituents is 1. The van der Waals surface area contributed by atoms with Gasteiger partial charge in [-0.25, -0.2) is 0 Å². The van der Waals surface area contributed by atoms with Gasteiger partial charge in [-0.2, -0.15) is 0 Å². The maximum Gasteiger partial charge on any atom is 0.258 e. The normalized spacial score (nSPS) is 18.4. The number of carbonyl (C=O) groups is 1. The van der Waals surface area contributed by atoms with Crippen LogP contribution in [0.4, 0.5) is 5.69 Å². The molecule has 0 radical (unpaired) electrons. The lowest BCUT2D eigenvalue weighted by atomic mass is 10.1. The van der Waals surface area contributed by atoms with Crippen molar-refractivity contribution in [2.24, 2.45) is 0 Å². The van der Waals surface area contributed by atoms with Crippen LogP contribution in [-0.4, -0.2) is 60.7 Å². The van der Waals surface area contributed by atoms with E-state index in [4.69, 9.17) is 5.73 Å². The lowest BCUT2D eigenvalue weighted by Gasteiger charge is -2.39. The summed E-state index contributed by atoms with van der Waals surface area (Å²) < 4.78 is 0.922. The van der Waals surface area contributed by atoms with Crippen LogP contribution in [0, 0.1) is 6.92 Å². The van der Waals surface area contributed by atoms with Crippen molar-refractivity contribution in [2.75, 3.05) is 46.0 Å². The van der Waals surface area contributed by atoms with Crippen LogP contribution in [0.3, 0.4) is 0 Å². The highest BCUT2D eigenvalue weighted by Gasteiger charge is 2.29. The molecule has 0 bridgehead atoms. The van der Waals surface area contributed by atoms with Crippen molar-refractivity contribution < 1.29 is 14.4 Å². The number of anilines is 1. The Bertz CT molecular complexity index is 502. The highest BCUT2D eigenvalue weighted by atomic mass is 16.3. The Morgan fingerprint density at radius 3 is 2.47 bits per heavy atom. The van der Waals surface area contributed by atoms with Gasteiger partial charge in [0.1, 0.15) is 5.75 Å². The van der Waals surface area contributed by atoms with E-state index in [0.717, 1.165) is 23.1 Å². The molecule has 5 nitrogen and oxygen atoms in total. The van der Waals surface area contributed by atoms with Gasteiger partial charge in [0.25, 0.3) is 5.91 Å². The molecular weight excluding hydrogens is 242 g/mol. The monoisotopic (exact) mass is 264 g/mol. The zero-order chi connectivity index (χ0) is 14.2. The molecule has 0 saturated carbocycles. The number of carbonyl (C=O) groups excluding carboxylic acids is 1. The molecule has 1 aliphatic heterocycles. The molecular formula is C14H22N3O2+. The first kappa shape index (κ1) is 13.7. The number of nitrogens with two attached hydrogens (primary N) is 1. The molecule has 1 heterocycles. The van der Waals surface area contributed by atoms with Gasteiger partial charge in [-0.1, -0.05) is 0 Å². The highest BCUT2D eigenvalue weighted by Crippen LogP contribution is 2.25. The number of amides is 1. The Hall–Kier alpha value is -1.75. The number of nitrogens with zero attached hydrogens (tertiary/aromatic N) is 2. The average molecular weight is 264 g/mol. The van der Waals surface area contributed by atoms with Crippen LogP contribution in [-0.2, 0) is 0 Å². The van der Waals surface area contributed by atoms with Crippen molar-refractivity contribution >= 4 is 11.6 Å². The third-order valence-electron chi connectivity index (χ3n) is 3.85. The van der Waals surface area contributed by atoms with Crippen molar-refractivity contribution in [2.45, 2.75) is 6.92 Å². The molecule has 2 rings (SSSR count). The molecule has 0 unspecified atom stereocenters. The van der Waals surface area contributed by atoms with Crippen LogP contribution in [0.5, 0.6) is 5.75 Å². The second-order valence-corrected chi connectivity index (χ2v) is 5.90. The van der Waals surface area contributed by atoms with Gasteiger partial charge in [-0.3, -0.25) is 4.79 Å². The number of aromatic hydroxyl groups is 1. The Balaban J connectivity index is 2.19. The van der Waals surface area contributed by atoms with Crippen molar-refractivity contribution in [3.8, 4) is 5.75 Å². The van der Waals surface area contributed by atoms with Gasteiger partial charge in [-0.15, -0.1) is 0 Å². The summed E-state index contributed by atoms with van der Waals surface area (Å²) in [6.07, 6.45) is 0. The fraction of sp³-hybridized carbons (Fsp3) is 0.500. The van der Waals surface area contributed by atoms with Crippen molar-refractivity contribution in [3.63, 3.8) is 0 Å². The first-order chi connectivity index (χ1) is 8.80. The summed E-state index contributed by atoms with van der Waals surface area (Å²) >= 11 is 0. The summed E-state index contributed by atoms with van der Waals surface area (Å²) in [5.41, 5.74) is 7.44. The molecule has 0 atom stereocenters. The Morgan fingerprint density at radius 2 is 1.89 bits per heavy atom. The maximum absolute atomic E-state index is 12.4. The zero-order valence-corrected chi connectivity index (χ0v) is 11.8. The Kier molecular flexibility index (Phi) is 3.41. The summed E-state index contributed by atoms with van der Waals surface area (Å²) in [7, 11) is 4.31. The number of nitrogen functional groups attached to an aromatic ring is 1. The van der Waals surface area contributed by atoms with Gasteiger partial charge in [0, 0.05) is 5.69 Å². The Morgan fingerprint density at radius 1 is 1.32 bits per heavy atom. The molecule has 1 saturated heterocycles. The number of hydrogen-bond acceptors (Lipinski definition) is 3. The second-order valence-electron chi connectivity index (χ2n) is 5.90.